The molecule has 1 fully saturated rings. The minimum Gasteiger partial charge on any atom is -0.349 e. The second-order valence-electron chi connectivity index (χ2n) is 5.44. The number of pyridine rings is 1. The number of hydrogen-bond donors (Lipinski definition) is 2. The predicted molar refractivity (Wildman–Crippen MR) is 80.8 cm³/mol. The number of hydrogen-bond acceptors (Lipinski definition) is 4. The van der Waals surface area contributed by atoms with Crippen LogP contribution in [0.1, 0.15) is 54.6 Å². The molecule has 1 aromatic rings. The van der Waals surface area contributed by atoms with Gasteiger partial charge in [0.1, 0.15) is 11.8 Å². The number of nitrogens with one attached hydrogen (secondary N) is 2. The minimum atomic E-state index is -0.192. The van der Waals surface area contributed by atoms with Gasteiger partial charge in [0, 0.05) is 25.3 Å². The lowest BCUT2D eigenvalue weighted by atomic mass is 10.1. The van der Waals surface area contributed by atoms with Gasteiger partial charge in [-0.05, 0) is 25.0 Å². The summed E-state index contributed by atoms with van der Waals surface area (Å²) in [5.74, 6) is -0.192. The summed E-state index contributed by atoms with van der Waals surface area (Å²) < 4.78 is 0. The molecule has 0 aliphatic heterocycles. The quantitative estimate of drug-likeness (QED) is 0.641. The van der Waals surface area contributed by atoms with Gasteiger partial charge in [-0.25, -0.2) is 4.98 Å². The van der Waals surface area contributed by atoms with Crippen LogP contribution in [0.2, 0.25) is 0 Å². The summed E-state index contributed by atoms with van der Waals surface area (Å²) in [4.78, 5) is 15.8. The van der Waals surface area contributed by atoms with Gasteiger partial charge >= 0.3 is 0 Å². The van der Waals surface area contributed by atoms with Crippen molar-refractivity contribution in [2.75, 3.05) is 13.1 Å². The molecule has 0 atom stereocenters. The van der Waals surface area contributed by atoms with Crippen molar-refractivity contribution in [1.29, 1.82) is 5.26 Å². The molecule has 2 rings (SSSR count). The van der Waals surface area contributed by atoms with E-state index in [1.165, 1.54) is 44.7 Å². The van der Waals surface area contributed by atoms with Crippen molar-refractivity contribution in [2.24, 2.45) is 0 Å². The van der Waals surface area contributed by atoms with Gasteiger partial charge in [0.05, 0.1) is 5.56 Å². The molecule has 0 unspecified atom stereocenters. The van der Waals surface area contributed by atoms with Crippen molar-refractivity contribution < 1.29 is 4.79 Å². The molecule has 0 aromatic carbocycles. The lowest BCUT2D eigenvalue weighted by Crippen LogP contribution is -2.37. The minimum absolute atomic E-state index is 0.192. The van der Waals surface area contributed by atoms with Crippen molar-refractivity contribution >= 4 is 5.91 Å². The molecule has 1 aliphatic carbocycles. The van der Waals surface area contributed by atoms with E-state index in [-0.39, 0.29) is 5.91 Å². The Morgan fingerprint density at radius 1 is 1.24 bits per heavy atom. The molecule has 112 valence electrons. The van der Waals surface area contributed by atoms with Crippen molar-refractivity contribution in [3.05, 3.63) is 29.6 Å². The summed E-state index contributed by atoms with van der Waals surface area (Å²) in [7, 11) is 0. The lowest BCUT2D eigenvalue weighted by Gasteiger charge is -2.16. The monoisotopic (exact) mass is 286 g/mol. The normalized spacial score (nSPS) is 16.0. The number of nitriles is 1. The van der Waals surface area contributed by atoms with Crippen LogP contribution in [0.15, 0.2) is 18.3 Å². The van der Waals surface area contributed by atoms with Gasteiger partial charge in [0.15, 0.2) is 0 Å². The van der Waals surface area contributed by atoms with E-state index in [2.05, 4.69) is 15.6 Å². The molecule has 21 heavy (non-hydrogen) atoms. The Morgan fingerprint density at radius 2 is 2.00 bits per heavy atom. The second kappa shape index (κ2) is 8.38. The molecule has 0 saturated heterocycles. The van der Waals surface area contributed by atoms with Crippen LogP contribution in [0, 0.1) is 11.3 Å². The van der Waals surface area contributed by atoms with Crippen LogP contribution < -0.4 is 10.6 Å². The molecule has 1 aromatic heterocycles. The van der Waals surface area contributed by atoms with Gasteiger partial charge in [-0.1, -0.05) is 25.7 Å². The van der Waals surface area contributed by atoms with Gasteiger partial charge in [-0.15, -0.1) is 0 Å². The fourth-order valence-corrected chi connectivity index (χ4v) is 2.62. The van der Waals surface area contributed by atoms with E-state index in [1.54, 1.807) is 12.1 Å². The van der Waals surface area contributed by atoms with E-state index in [1.807, 2.05) is 6.07 Å². The molecule has 1 heterocycles. The van der Waals surface area contributed by atoms with Crippen LogP contribution in [0.3, 0.4) is 0 Å². The molecular formula is C16H22N4O. The zero-order valence-electron chi connectivity index (χ0n) is 12.3. The van der Waals surface area contributed by atoms with Gasteiger partial charge in [-0.2, -0.15) is 5.26 Å². The lowest BCUT2D eigenvalue weighted by molar-refractivity contribution is 0.0948. The highest BCUT2D eigenvalue weighted by Crippen LogP contribution is 2.16. The number of amides is 1. The molecule has 2 N–H and O–H groups in total. The highest BCUT2D eigenvalue weighted by atomic mass is 16.1. The summed E-state index contributed by atoms with van der Waals surface area (Å²) >= 11 is 0. The molecular weight excluding hydrogens is 264 g/mol. The third-order valence-electron chi connectivity index (χ3n) is 3.82. The van der Waals surface area contributed by atoms with Crippen LogP contribution in [0.5, 0.6) is 0 Å². The Morgan fingerprint density at radius 3 is 2.62 bits per heavy atom. The molecule has 1 saturated carbocycles. The van der Waals surface area contributed by atoms with Gasteiger partial charge in [0.25, 0.3) is 5.91 Å². The average Bonchev–Trinajstić information content (AvgIpc) is 2.80. The van der Waals surface area contributed by atoms with E-state index in [0.717, 1.165) is 6.54 Å². The largest absolute Gasteiger partial charge is 0.349 e. The fraction of sp³-hybridized carbons (Fsp3) is 0.562. The standard InChI is InChI=1S/C16H22N4O/c17-11-13-7-8-15(20-12-13)16(21)19-10-9-18-14-5-3-1-2-4-6-14/h7-8,12,14,18H,1-6,9-10H2,(H,19,21). The van der Waals surface area contributed by atoms with Gasteiger partial charge in [0.2, 0.25) is 0 Å². The zero-order chi connectivity index (χ0) is 14.9. The number of rotatable bonds is 5. The first-order chi connectivity index (χ1) is 10.3. The van der Waals surface area contributed by atoms with E-state index in [9.17, 15) is 4.79 Å². The molecule has 0 spiro atoms. The van der Waals surface area contributed by atoms with Gasteiger partial charge < -0.3 is 10.6 Å². The molecule has 5 nitrogen and oxygen atoms in total. The highest BCUT2D eigenvalue weighted by Gasteiger charge is 2.11. The smallest absolute Gasteiger partial charge is 0.269 e. The maximum Gasteiger partial charge on any atom is 0.269 e. The maximum atomic E-state index is 11.9. The van der Waals surface area contributed by atoms with Crippen LogP contribution in [0.25, 0.3) is 0 Å². The number of carbonyl (C=O) groups is 1. The Labute approximate surface area is 125 Å². The van der Waals surface area contributed by atoms with Crippen molar-refractivity contribution in [3.8, 4) is 6.07 Å². The summed E-state index contributed by atoms with van der Waals surface area (Å²) in [6.07, 6.45) is 9.20. The fourth-order valence-electron chi connectivity index (χ4n) is 2.62. The summed E-state index contributed by atoms with van der Waals surface area (Å²) in [5, 5.41) is 15.0. The van der Waals surface area contributed by atoms with E-state index < -0.39 is 0 Å². The third-order valence-corrected chi connectivity index (χ3v) is 3.82. The summed E-state index contributed by atoms with van der Waals surface area (Å²) in [5.41, 5.74) is 0.810. The topological polar surface area (TPSA) is 77.8 Å². The van der Waals surface area contributed by atoms with E-state index in [0.29, 0.717) is 23.8 Å². The molecule has 0 bridgehead atoms. The molecule has 1 amide bonds. The second-order valence-corrected chi connectivity index (χ2v) is 5.44. The van der Waals surface area contributed by atoms with Crippen LogP contribution >= 0.6 is 0 Å². The van der Waals surface area contributed by atoms with E-state index in [4.69, 9.17) is 5.26 Å². The number of carbonyl (C=O) groups excluding carboxylic acids is 1. The van der Waals surface area contributed by atoms with Crippen LogP contribution in [0.4, 0.5) is 0 Å². The zero-order valence-corrected chi connectivity index (χ0v) is 12.3. The predicted octanol–water partition coefficient (Wildman–Crippen LogP) is 2.00. The van der Waals surface area contributed by atoms with Crippen LogP contribution in [-0.4, -0.2) is 30.0 Å². The Bertz CT molecular complexity index is 484. The summed E-state index contributed by atoms with van der Waals surface area (Å²) in [6.45, 7) is 1.38. The SMILES string of the molecule is N#Cc1ccc(C(=O)NCCNC2CCCCCC2)nc1. The first kappa shape index (κ1) is 15.5. The first-order valence-electron chi connectivity index (χ1n) is 7.67. The summed E-state index contributed by atoms with van der Waals surface area (Å²) in [6, 6.07) is 5.76. The van der Waals surface area contributed by atoms with Crippen molar-refractivity contribution in [2.45, 2.75) is 44.6 Å². The van der Waals surface area contributed by atoms with Crippen molar-refractivity contribution in [3.63, 3.8) is 0 Å². The first-order valence-corrected chi connectivity index (χ1v) is 7.67. The third kappa shape index (κ3) is 5.16. The molecule has 0 radical (unpaired) electrons. The van der Waals surface area contributed by atoms with E-state index >= 15 is 0 Å². The Hall–Kier alpha value is -1.93. The highest BCUT2D eigenvalue weighted by molar-refractivity contribution is 5.92. The number of nitrogens with zero attached hydrogens (tertiary/aromatic N) is 2. The average molecular weight is 286 g/mol. The Balaban J connectivity index is 1.67. The molecule has 5 heteroatoms. The molecule has 1 aliphatic rings. The Kier molecular flexibility index (Phi) is 6.17. The van der Waals surface area contributed by atoms with Gasteiger partial charge in [-0.3, -0.25) is 4.79 Å². The number of aromatic nitrogens is 1. The maximum absolute atomic E-state index is 11.9. The van der Waals surface area contributed by atoms with Crippen LogP contribution in [-0.2, 0) is 0 Å². The van der Waals surface area contributed by atoms with Crippen molar-refractivity contribution in [1.82, 2.24) is 15.6 Å².